The number of H-pyrrole nitrogens is 1. The molecule has 170 valence electrons. The third-order valence-corrected chi connectivity index (χ3v) is 5.41. The highest BCUT2D eigenvalue weighted by atomic mass is 16.5. The number of ether oxygens (including phenoxy) is 1. The summed E-state index contributed by atoms with van der Waals surface area (Å²) in [5, 5.41) is 11.3. The Balaban J connectivity index is 1.33. The lowest BCUT2D eigenvalue weighted by atomic mass is 10.1. The molecule has 0 saturated carbocycles. The molecule has 0 unspecified atom stereocenters. The maximum absolute atomic E-state index is 6.18. The molecular formula is C26H19N7O2. The van der Waals surface area contributed by atoms with Crippen molar-refractivity contribution >= 4 is 22.5 Å². The lowest BCUT2D eigenvalue weighted by Gasteiger charge is -2.12. The Kier molecular flexibility index (Phi) is 5.32. The van der Waals surface area contributed by atoms with Gasteiger partial charge in [0.1, 0.15) is 12.4 Å². The second kappa shape index (κ2) is 9.06. The third kappa shape index (κ3) is 4.42. The number of rotatable bonds is 7. The van der Waals surface area contributed by atoms with Gasteiger partial charge in [0.2, 0.25) is 5.95 Å². The van der Waals surface area contributed by atoms with Gasteiger partial charge in [-0.2, -0.15) is 5.10 Å². The zero-order valence-corrected chi connectivity index (χ0v) is 18.4. The summed E-state index contributed by atoms with van der Waals surface area (Å²) in [4.78, 5) is 17.4. The fourth-order valence-electron chi connectivity index (χ4n) is 3.73. The van der Waals surface area contributed by atoms with Crippen LogP contribution in [-0.4, -0.2) is 30.1 Å². The Morgan fingerprint density at radius 1 is 0.971 bits per heavy atom. The van der Waals surface area contributed by atoms with Gasteiger partial charge in [0.25, 0.3) is 0 Å². The van der Waals surface area contributed by atoms with Crippen molar-refractivity contribution in [2.24, 2.45) is 0 Å². The number of nitrogens with one attached hydrogen (secondary N) is 2. The molecule has 4 heterocycles. The summed E-state index contributed by atoms with van der Waals surface area (Å²) >= 11 is 0. The fourth-order valence-corrected chi connectivity index (χ4v) is 3.73. The average Bonchev–Trinajstić information content (AvgIpc) is 3.63. The second-order valence-electron chi connectivity index (χ2n) is 7.78. The average molecular weight is 461 g/mol. The summed E-state index contributed by atoms with van der Waals surface area (Å²) in [5.41, 5.74) is 5.08. The predicted molar refractivity (Wildman–Crippen MR) is 131 cm³/mol. The molecule has 0 amide bonds. The molecule has 2 N–H and O–H groups in total. The largest absolute Gasteiger partial charge is 0.488 e. The van der Waals surface area contributed by atoms with Crippen LogP contribution in [0.5, 0.6) is 5.75 Å². The van der Waals surface area contributed by atoms with E-state index in [2.05, 4.69) is 30.5 Å². The number of aromatic amines is 1. The van der Waals surface area contributed by atoms with E-state index in [1.807, 2.05) is 54.6 Å². The standard InChI is InChI=1S/C26H19N7O2/c1-4-18(25-14-28-16-35-25)9-20(5-1)31-26-29-13-19-10-21(22-6-8-30-33-22)24(11-23(19)32-26)34-15-17-3-2-7-27-12-17/h1-14,16H,15H2,(H,30,33)(H,29,31,32). The first-order chi connectivity index (χ1) is 17.3. The fraction of sp³-hybridized carbons (Fsp3) is 0.0385. The maximum atomic E-state index is 6.18. The Labute approximate surface area is 199 Å². The number of benzene rings is 2. The molecule has 9 nitrogen and oxygen atoms in total. The number of oxazole rings is 1. The molecule has 9 heteroatoms. The molecule has 0 aliphatic rings. The number of pyridine rings is 1. The van der Waals surface area contributed by atoms with Crippen LogP contribution in [0, 0.1) is 0 Å². The molecular weight excluding hydrogens is 442 g/mol. The first-order valence-corrected chi connectivity index (χ1v) is 10.9. The Bertz CT molecular complexity index is 1570. The SMILES string of the molecule is c1cncc(COc2cc3nc(Nc4cccc(-c5cnco5)c4)ncc3cc2-c2cc[nH]n2)c1. The van der Waals surface area contributed by atoms with E-state index in [4.69, 9.17) is 14.1 Å². The highest BCUT2D eigenvalue weighted by molar-refractivity contribution is 5.87. The molecule has 0 spiro atoms. The minimum absolute atomic E-state index is 0.376. The van der Waals surface area contributed by atoms with Gasteiger partial charge in [-0.05, 0) is 30.3 Å². The molecule has 0 atom stereocenters. The number of fused-ring (bicyclic) bond motifs is 1. The van der Waals surface area contributed by atoms with Crippen molar-refractivity contribution < 1.29 is 9.15 Å². The van der Waals surface area contributed by atoms with Crippen LogP contribution in [0.15, 0.2) is 96.4 Å². The van der Waals surface area contributed by atoms with Gasteiger partial charge in [-0.25, -0.2) is 15.0 Å². The first-order valence-electron chi connectivity index (χ1n) is 10.9. The Hall–Kier alpha value is -5.05. The van der Waals surface area contributed by atoms with Gasteiger partial charge in [0, 0.05) is 58.6 Å². The Morgan fingerprint density at radius 3 is 2.80 bits per heavy atom. The molecule has 2 aromatic carbocycles. The van der Waals surface area contributed by atoms with E-state index in [1.165, 1.54) is 6.39 Å². The number of hydrogen-bond acceptors (Lipinski definition) is 8. The molecule has 35 heavy (non-hydrogen) atoms. The minimum atomic E-state index is 0.376. The minimum Gasteiger partial charge on any atom is -0.488 e. The van der Waals surface area contributed by atoms with Crippen LogP contribution in [0.3, 0.4) is 0 Å². The van der Waals surface area contributed by atoms with E-state index in [0.29, 0.717) is 24.1 Å². The molecule has 0 aliphatic carbocycles. The van der Waals surface area contributed by atoms with Crippen LogP contribution in [0.25, 0.3) is 33.5 Å². The monoisotopic (exact) mass is 461 g/mol. The van der Waals surface area contributed by atoms with Crippen molar-refractivity contribution in [2.45, 2.75) is 6.61 Å². The van der Waals surface area contributed by atoms with E-state index in [9.17, 15) is 0 Å². The zero-order chi connectivity index (χ0) is 23.5. The van der Waals surface area contributed by atoms with E-state index in [-0.39, 0.29) is 0 Å². The summed E-state index contributed by atoms with van der Waals surface area (Å²) in [5.74, 6) is 1.83. The third-order valence-electron chi connectivity index (χ3n) is 5.41. The smallest absolute Gasteiger partial charge is 0.227 e. The van der Waals surface area contributed by atoms with E-state index in [0.717, 1.165) is 39.0 Å². The number of hydrogen-bond donors (Lipinski definition) is 2. The van der Waals surface area contributed by atoms with E-state index in [1.54, 1.807) is 31.0 Å². The van der Waals surface area contributed by atoms with Crippen LogP contribution in [0.1, 0.15) is 5.56 Å². The number of aromatic nitrogens is 6. The lowest BCUT2D eigenvalue weighted by Crippen LogP contribution is -2.00. The quantitative estimate of drug-likeness (QED) is 0.325. The van der Waals surface area contributed by atoms with Gasteiger partial charge in [0.15, 0.2) is 12.2 Å². The van der Waals surface area contributed by atoms with Gasteiger partial charge in [0.05, 0.1) is 17.4 Å². The van der Waals surface area contributed by atoms with Gasteiger partial charge in [-0.1, -0.05) is 18.2 Å². The molecule has 0 saturated heterocycles. The summed E-state index contributed by atoms with van der Waals surface area (Å²) < 4.78 is 11.6. The molecule has 0 bridgehead atoms. The Morgan fingerprint density at radius 2 is 1.97 bits per heavy atom. The van der Waals surface area contributed by atoms with E-state index < -0.39 is 0 Å². The molecule has 0 aliphatic heterocycles. The molecule has 0 radical (unpaired) electrons. The molecule has 6 aromatic rings. The first kappa shape index (κ1) is 20.5. The highest BCUT2D eigenvalue weighted by Crippen LogP contribution is 2.33. The van der Waals surface area contributed by atoms with Crippen LogP contribution in [-0.2, 0) is 6.61 Å². The van der Waals surface area contributed by atoms with Crippen molar-refractivity contribution in [3.63, 3.8) is 0 Å². The molecule has 6 rings (SSSR count). The van der Waals surface area contributed by atoms with E-state index >= 15 is 0 Å². The summed E-state index contributed by atoms with van der Waals surface area (Å²) in [6.07, 6.45) is 10.2. The lowest BCUT2D eigenvalue weighted by molar-refractivity contribution is 0.307. The van der Waals surface area contributed by atoms with Crippen molar-refractivity contribution in [1.29, 1.82) is 0 Å². The summed E-state index contributed by atoms with van der Waals surface area (Å²) in [6, 6.07) is 17.4. The van der Waals surface area contributed by atoms with Crippen LogP contribution in [0.2, 0.25) is 0 Å². The number of anilines is 2. The van der Waals surface area contributed by atoms with Gasteiger partial charge < -0.3 is 14.5 Å². The van der Waals surface area contributed by atoms with Crippen molar-refractivity contribution in [3.05, 3.63) is 97.5 Å². The van der Waals surface area contributed by atoms with Gasteiger partial charge >= 0.3 is 0 Å². The summed E-state index contributed by atoms with van der Waals surface area (Å²) in [6.45, 7) is 0.376. The number of nitrogens with zero attached hydrogens (tertiary/aromatic N) is 5. The highest BCUT2D eigenvalue weighted by Gasteiger charge is 2.13. The normalized spacial score (nSPS) is 11.0. The van der Waals surface area contributed by atoms with Crippen LogP contribution >= 0.6 is 0 Å². The van der Waals surface area contributed by atoms with Gasteiger partial charge in [-0.15, -0.1) is 0 Å². The van der Waals surface area contributed by atoms with Crippen molar-refractivity contribution in [2.75, 3.05) is 5.32 Å². The molecule has 0 fully saturated rings. The predicted octanol–water partition coefficient (Wildman–Crippen LogP) is 5.39. The van der Waals surface area contributed by atoms with Crippen molar-refractivity contribution in [3.8, 4) is 28.3 Å². The van der Waals surface area contributed by atoms with Crippen LogP contribution < -0.4 is 10.1 Å². The summed E-state index contributed by atoms with van der Waals surface area (Å²) in [7, 11) is 0. The topological polar surface area (TPSA) is 115 Å². The van der Waals surface area contributed by atoms with Crippen molar-refractivity contribution in [1.82, 2.24) is 30.1 Å². The van der Waals surface area contributed by atoms with Gasteiger partial charge in [-0.3, -0.25) is 10.1 Å². The van der Waals surface area contributed by atoms with Crippen LogP contribution in [0.4, 0.5) is 11.6 Å². The second-order valence-corrected chi connectivity index (χ2v) is 7.78. The zero-order valence-electron chi connectivity index (χ0n) is 18.4. The molecule has 4 aromatic heterocycles. The maximum Gasteiger partial charge on any atom is 0.227 e.